The Labute approximate surface area is 248 Å². The smallest absolute Gasteiger partial charge is 0.235 e. The maximum absolute atomic E-state index is 14.3. The molecular formula is C37H39N2O3+. The van der Waals surface area contributed by atoms with E-state index in [-0.39, 0.29) is 17.9 Å². The minimum absolute atomic E-state index is 0.178. The lowest BCUT2D eigenvalue weighted by Crippen LogP contribution is -2.67. The summed E-state index contributed by atoms with van der Waals surface area (Å²) < 4.78 is 13.4. The van der Waals surface area contributed by atoms with E-state index >= 15 is 0 Å². The quantitative estimate of drug-likeness (QED) is 0.170. The fourth-order valence-corrected chi connectivity index (χ4v) is 7.51. The van der Waals surface area contributed by atoms with Gasteiger partial charge in [-0.2, -0.15) is 0 Å². The van der Waals surface area contributed by atoms with Crippen LogP contribution in [-0.4, -0.2) is 61.2 Å². The van der Waals surface area contributed by atoms with E-state index < -0.39 is 0 Å². The van der Waals surface area contributed by atoms with Crippen LogP contribution in [0.15, 0.2) is 103 Å². The van der Waals surface area contributed by atoms with Gasteiger partial charge in [0, 0.05) is 37.4 Å². The zero-order chi connectivity index (χ0) is 28.5. The van der Waals surface area contributed by atoms with Crippen molar-refractivity contribution in [3.8, 4) is 28.4 Å². The number of fused-ring (bicyclic) bond motifs is 5. The average Bonchev–Trinajstić information content (AvgIpc) is 3.06. The first-order valence-corrected chi connectivity index (χ1v) is 15.4. The van der Waals surface area contributed by atoms with Gasteiger partial charge < -0.3 is 18.9 Å². The SMILES string of the molecule is CN(C(=O)C1c2ccccc2Oc2ccccc21)[C@H]1C[N+]2(CCCOc3ccc(-c4ccccc4)cc3)CCC1CC2. The molecule has 5 heteroatoms. The van der Waals surface area contributed by atoms with Crippen molar-refractivity contribution in [2.24, 2.45) is 5.92 Å². The van der Waals surface area contributed by atoms with Gasteiger partial charge in [-0.05, 0) is 41.3 Å². The lowest BCUT2D eigenvalue weighted by Gasteiger charge is -2.55. The minimum Gasteiger partial charge on any atom is -0.493 e. The molecule has 4 aromatic carbocycles. The van der Waals surface area contributed by atoms with Gasteiger partial charge in [-0.3, -0.25) is 4.79 Å². The minimum atomic E-state index is -0.332. The maximum atomic E-state index is 14.3. The number of carbonyl (C=O) groups is 1. The number of rotatable bonds is 8. The van der Waals surface area contributed by atoms with Gasteiger partial charge in [0.2, 0.25) is 5.91 Å². The van der Waals surface area contributed by atoms with Crippen LogP contribution in [-0.2, 0) is 4.79 Å². The van der Waals surface area contributed by atoms with E-state index in [1.54, 1.807) is 0 Å². The number of likely N-dealkylation sites (N-methyl/N-ethyl adjacent to an activating group) is 1. The van der Waals surface area contributed by atoms with E-state index in [0.29, 0.717) is 12.5 Å². The molecule has 0 spiro atoms. The number of hydrogen-bond donors (Lipinski definition) is 0. The van der Waals surface area contributed by atoms with Crippen LogP contribution in [0.2, 0.25) is 0 Å². The fourth-order valence-electron chi connectivity index (χ4n) is 7.51. The second-order valence-electron chi connectivity index (χ2n) is 12.3. The first-order chi connectivity index (χ1) is 20.6. The molecule has 214 valence electrons. The number of piperidine rings is 3. The summed E-state index contributed by atoms with van der Waals surface area (Å²) in [5, 5.41) is 0. The van der Waals surface area contributed by atoms with Crippen molar-refractivity contribution >= 4 is 5.91 Å². The van der Waals surface area contributed by atoms with Crippen LogP contribution in [0.4, 0.5) is 0 Å². The molecule has 0 unspecified atom stereocenters. The molecule has 0 aromatic heterocycles. The zero-order valence-electron chi connectivity index (χ0n) is 24.3. The summed E-state index contributed by atoms with van der Waals surface area (Å²) in [5.74, 6) is 2.92. The van der Waals surface area contributed by atoms with Gasteiger partial charge in [0.05, 0.1) is 44.7 Å². The summed E-state index contributed by atoms with van der Waals surface area (Å²) in [5.41, 5.74) is 4.35. The second-order valence-corrected chi connectivity index (χ2v) is 12.3. The van der Waals surface area contributed by atoms with Crippen LogP contribution >= 0.6 is 0 Å². The van der Waals surface area contributed by atoms with Crippen LogP contribution in [0, 0.1) is 5.92 Å². The van der Waals surface area contributed by atoms with Crippen molar-refractivity contribution in [3.63, 3.8) is 0 Å². The highest BCUT2D eigenvalue weighted by Crippen LogP contribution is 2.46. The molecule has 42 heavy (non-hydrogen) atoms. The van der Waals surface area contributed by atoms with E-state index in [1.807, 2.05) is 61.6 Å². The van der Waals surface area contributed by atoms with Gasteiger partial charge in [-0.1, -0.05) is 78.9 Å². The number of quaternary nitrogens is 1. The molecule has 3 fully saturated rings. The number of ether oxygens (including phenoxy) is 2. The monoisotopic (exact) mass is 559 g/mol. The highest BCUT2D eigenvalue weighted by Gasteiger charge is 2.49. The Bertz CT molecular complexity index is 1500. The molecular weight excluding hydrogens is 520 g/mol. The van der Waals surface area contributed by atoms with Gasteiger partial charge in [0.1, 0.15) is 17.2 Å². The lowest BCUT2D eigenvalue weighted by molar-refractivity contribution is -0.945. The van der Waals surface area contributed by atoms with Crippen molar-refractivity contribution in [1.29, 1.82) is 0 Å². The van der Waals surface area contributed by atoms with E-state index in [1.165, 1.54) is 37.1 Å². The topological polar surface area (TPSA) is 38.8 Å². The van der Waals surface area contributed by atoms with Crippen molar-refractivity contribution in [1.82, 2.24) is 4.90 Å². The summed E-state index contributed by atoms with van der Waals surface area (Å²) in [4.78, 5) is 16.4. The van der Waals surface area contributed by atoms with Crippen molar-refractivity contribution in [3.05, 3.63) is 114 Å². The van der Waals surface area contributed by atoms with Crippen molar-refractivity contribution in [2.75, 3.05) is 39.8 Å². The molecule has 4 heterocycles. The van der Waals surface area contributed by atoms with Gasteiger partial charge in [-0.25, -0.2) is 0 Å². The summed E-state index contributed by atoms with van der Waals surface area (Å²) in [6, 6.07) is 35.1. The molecule has 0 aliphatic carbocycles. The Kier molecular flexibility index (Phi) is 7.20. The third-order valence-electron chi connectivity index (χ3n) is 9.85. The molecule has 4 aromatic rings. The Morgan fingerprint density at radius 2 is 1.40 bits per heavy atom. The average molecular weight is 560 g/mol. The number of carbonyl (C=O) groups excluding carboxylic acids is 1. The molecule has 8 rings (SSSR count). The molecule has 0 radical (unpaired) electrons. The molecule has 4 aliphatic heterocycles. The molecule has 2 bridgehead atoms. The number of nitrogens with zero attached hydrogens (tertiary/aromatic N) is 2. The van der Waals surface area contributed by atoms with E-state index in [2.05, 4.69) is 53.4 Å². The molecule has 1 atom stereocenters. The van der Waals surface area contributed by atoms with Gasteiger partial charge in [-0.15, -0.1) is 0 Å². The predicted molar refractivity (Wildman–Crippen MR) is 166 cm³/mol. The highest BCUT2D eigenvalue weighted by molar-refractivity contribution is 5.89. The second kappa shape index (κ2) is 11.3. The van der Waals surface area contributed by atoms with Crippen LogP contribution < -0.4 is 9.47 Å². The van der Waals surface area contributed by atoms with Gasteiger partial charge >= 0.3 is 0 Å². The normalized spacial score (nSPS) is 22.5. The highest BCUT2D eigenvalue weighted by atomic mass is 16.5. The number of amides is 1. The number of para-hydroxylation sites is 2. The predicted octanol–water partition coefficient (Wildman–Crippen LogP) is 7.13. The van der Waals surface area contributed by atoms with Crippen LogP contribution in [0.1, 0.15) is 36.3 Å². The largest absolute Gasteiger partial charge is 0.493 e. The zero-order valence-corrected chi connectivity index (χ0v) is 24.3. The Morgan fingerprint density at radius 1 is 0.810 bits per heavy atom. The summed E-state index contributed by atoms with van der Waals surface area (Å²) in [7, 11) is 2.04. The Morgan fingerprint density at radius 3 is 2.07 bits per heavy atom. The first kappa shape index (κ1) is 26.8. The first-order valence-electron chi connectivity index (χ1n) is 15.4. The summed E-state index contributed by atoms with van der Waals surface area (Å²) in [6.07, 6.45) is 3.38. The van der Waals surface area contributed by atoms with E-state index in [9.17, 15) is 4.79 Å². The third kappa shape index (κ3) is 5.07. The van der Waals surface area contributed by atoms with Crippen LogP contribution in [0.5, 0.6) is 17.2 Å². The summed E-state index contributed by atoms with van der Waals surface area (Å²) >= 11 is 0. The maximum Gasteiger partial charge on any atom is 0.235 e. The van der Waals surface area contributed by atoms with Gasteiger partial charge in [0.15, 0.2) is 0 Å². The number of benzene rings is 4. The van der Waals surface area contributed by atoms with E-state index in [4.69, 9.17) is 9.47 Å². The lowest BCUT2D eigenvalue weighted by atomic mass is 9.79. The van der Waals surface area contributed by atoms with E-state index in [0.717, 1.165) is 52.4 Å². The third-order valence-corrected chi connectivity index (χ3v) is 9.85. The number of hydrogen-bond acceptors (Lipinski definition) is 3. The molecule has 4 aliphatic rings. The molecule has 5 nitrogen and oxygen atoms in total. The Hall–Kier alpha value is -4.09. The van der Waals surface area contributed by atoms with Crippen LogP contribution in [0.3, 0.4) is 0 Å². The summed E-state index contributed by atoms with van der Waals surface area (Å²) in [6.45, 7) is 5.25. The standard InChI is InChI=1S/C37H39N2O3/c1-38(37(40)36-31-12-5-7-14-34(31)42-35-15-8-6-13-32(35)36)33-26-39(23-20-29(33)21-24-39)22-9-25-41-30-18-16-28(17-19-30)27-10-3-2-4-11-27/h2-8,10-19,29,33,36H,9,20-26H2,1H3/q+1/t29?,33-,39?/m0/s1. The molecule has 1 amide bonds. The molecule has 0 N–H and O–H groups in total. The van der Waals surface area contributed by atoms with Crippen molar-refractivity contribution in [2.45, 2.75) is 31.2 Å². The van der Waals surface area contributed by atoms with Crippen LogP contribution in [0.25, 0.3) is 11.1 Å². The fraction of sp³-hybridized carbons (Fsp3) is 0.324. The van der Waals surface area contributed by atoms with Gasteiger partial charge in [0.25, 0.3) is 0 Å². The molecule has 0 saturated carbocycles. The molecule has 3 saturated heterocycles. The van der Waals surface area contributed by atoms with Crippen molar-refractivity contribution < 1.29 is 18.8 Å². The Balaban J connectivity index is 0.998.